The second-order valence-electron chi connectivity index (χ2n) is 12.7. The molecule has 3 aliphatic rings. The van der Waals surface area contributed by atoms with Crippen LogP contribution in [0.1, 0.15) is 94.8 Å². The van der Waals surface area contributed by atoms with Crippen molar-refractivity contribution in [3.05, 3.63) is 28.3 Å². The quantitative estimate of drug-likeness (QED) is 0.591. The number of carbonyl (C=O) groups is 5. The zero-order chi connectivity index (χ0) is 28.0. The summed E-state index contributed by atoms with van der Waals surface area (Å²) in [5, 5.41) is 23.1. The Balaban J connectivity index is 2.02. The number of fused-ring (bicyclic) bond motifs is 3. The third kappa shape index (κ3) is 3.32. The number of rotatable bonds is 4. The van der Waals surface area contributed by atoms with Gasteiger partial charge in [0.1, 0.15) is 17.5 Å². The van der Waals surface area contributed by atoms with Gasteiger partial charge >= 0.3 is 0 Å². The molecule has 4 rings (SSSR count). The fourth-order valence-electron chi connectivity index (χ4n) is 8.07. The van der Waals surface area contributed by atoms with Gasteiger partial charge in [-0.3, -0.25) is 24.0 Å². The van der Waals surface area contributed by atoms with Crippen LogP contribution in [-0.2, 0) is 32.0 Å². The minimum absolute atomic E-state index is 0.0528. The molecule has 2 N–H and O–H groups in total. The summed E-state index contributed by atoms with van der Waals surface area (Å²) in [5.74, 6) is -8.48. The van der Waals surface area contributed by atoms with E-state index in [4.69, 9.17) is 0 Å². The highest BCUT2D eigenvalue weighted by molar-refractivity contribution is 6.32. The summed E-state index contributed by atoms with van der Waals surface area (Å²) in [7, 11) is 0. The molecule has 7 heteroatoms. The molecule has 7 nitrogen and oxygen atoms in total. The van der Waals surface area contributed by atoms with Crippen LogP contribution in [0.5, 0.6) is 5.75 Å². The first kappa shape index (κ1) is 27.4. The van der Waals surface area contributed by atoms with Crippen LogP contribution in [0.25, 0.3) is 0 Å². The normalized spacial score (nSPS) is 35.5. The SMILES string of the molecule is CCc1cc(C(C)C)c2c(c1O)C(=O)C1C(=O)[C@@]3(O)C(=O)C(C(C)=O)C(=O)C(C(C)C)[C@@]3(C)C[C@@]1(C)C2. The Bertz CT molecular complexity index is 1260. The minimum Gasteiger partial charge on any atom is -0.507 e. The molecule has 37 heavy (non-hydrogen) atoms. The standard InChI is InChI=1S/C30H38O7/c1-9-16-10-17(13(2)3)18-11-28(7)12-29(8)21(14(4)5)24(33)19(15(6)31)26(35)30(29,37)27(36)22(28)25(34)20(18)23(16)32/h10,13-14,19,21-22,32,37H,9,11-12H2,1-8H3/t19?,21?,22?,28-,29-,30+/m1/s1. The molecule has 0 saturated heterocycles. The predicted octanol–water partition coefficient (Wildman–Crippen LogP) is 3.78. The average Bonchev–Trinajstić information content (AvgIpc) is 2.75. The molecule has 0 amide bonds. The van der Waals surface area contributed by atoms with Crippen molar-refractivity contribution >= 4 is 28.9 Å². The van der Waals surface area contributed by atoms with E-state index in [1.807, 2.05) is 26.8 Å². The molecule has 200 valence electrons. The Hall–Kier alpha value is -2.67. The number of benzene rings is 1. The molecule has 6 atom stereocenters. The molecule has 1 aromatic carbocycles. The molecule has 2 saturated carbocycles. The van der Waals surface area contributed by atoms with E-state index >= 15 is 0 Å². The monoisotopic (exact) mass is 510 g/mol. The molecule has 3 aliphatic carbocycles. The van der Waals surface area contributed by atoms with Crippen molar-refractivity contribution in [2.75, 3.05) is 0 Å². The van der Waals surface area contributed by atoms with Gasteiger partial charge in [0.2, 0.25) is 0 Å². The van der Waals surface area contributed by atoms with Gasteiger partial charge in [-0.2, -0.15) is 0 Å². The van der Waals surface area contributed by atoms with Crippen molar-refractivity contribution in [3.8, 4) is 5.75 Å². The fraction of sp³-hybridized carbons (Fsp3) is 0.633. The predicted molar refractivity (Wildman–Crippen MR) is 136 cm³/mol. The Morgan fingerprint density at radius 1 is 1.08 bits per heavy atom. The minimum atomic E-state index is -2.66. The molecule has 2 fully saturated rings. The highest BCUT2D eigenvalue weighted by Crippen LogP contribution is 2.64. The van der Waals surface area contributed by atoms with Crippen LogP contribution < -0.4 is 0 Å². The average molecular weight is 511 g/mol. The van der Waals surface area contributed by atoms with Crippen LogP contribution in [-0.4, -0.2) is 44.7 Å². The zero-order valence-corrected chi connectivity index (χ0v) is 23.0. The third-order valence-electron chi connectivity index (χ3n) is 9.50. The van der Waals surface area contributed by atoms with Crippen molar-refractivity contribution in [3.63, 3.8) is 0 Å². The maximum absolute atomic E-state index is 14.3. The van der Waals surface area contributed by atoms with Gasteiger partial charge in [0.25, 0.3) is 0 Å². The van der Waals surface area contributed by atoms with Gasteiger partial charge in [0.05, 0.1) is 11.5 Å². The first-order chi connectivity index (χ1) is 17.0. The number of Topliss-reactive ketones (excluding diaryl/α,β-unsaturated/α-hetero) is 5. The zero-order valence-electron chi connectivity index (χ0n) is 23.0. The van der Waals surface area contributed by atoms with E-state index < -0.39 is 63.1 Å². The molecule has 0 heterocycles. The summed E-state index contributed by atoms with van der Waals surface area (Å²) in [4.78, 5) is 68.1. The second-order valence-corrected chi connectivity index (χ2v) is 12.7. The van der Waals surface area contributed by atoms with Gasteiger partial charge in [0.15, 0.2) is 28.7 Å². The van der Waals surface area contributed by atoms with E-state index in [9.17, 15) is 34.2 Å². The summed E-state index contributed by atoms with van der Waals surface area (Å²) >= 11 is 0. The van der Waals surface area contributed by atoms with E-state index in [0.717, 1.165) is 12.5 Å². The summed E-state index contributed by atoms with van der Waals surface area (Å²) in [6.45, 7) is 13.9. The van der Waals surface area contributed by atoms with Gasteiger partial charge in [-0.05, 0) is 60.1 Å². The summed E-state index contributed by atoms with van der Waals surface area (Å²) in [6, 6.07) is 1.92. The van der Waals surface area contributed by atoms with E-state index in [2.05, 4.69) is 0 Å². The third-order valence-corrected chi connectivity index (χ3v) is 9.50. The number of aryl methyl sites for hydroxylation is 1. The molecule has 3 unspecified atom stereocenters. The van der Waals surface area contributed by atoms with E-state index in [1.165, 1.54) is 0 Å². The van der Waals surface area contributed by atoms with Gasteiger partial charge in [-0.1, -0.05) is 54.5 Å². The van der Waals surface area contributed by atoms with Gasteiger partial charge in [0, 0.05) is 11.3 Å². The van der Waals surface area contributed by atoms with Gasteiger partial charge in [-0.15, -0.1) is 0 Å². The van der Waals surface area contributed by atoms with Crippen molar-refractivity contribution in [1.82, 2.24) is 0 Å². The Kier molecular flexibility index (Phi) is 6.23. The Morgan fingerprint density at radius 3 is 2.16 bits per heavy atom. The lowest BCUT2D eigenvalue weighted by molar-refractivity contribution is -0.205. The Labute approximate surface area is 218 Å². The van der Waals surface area contributed by atoms with Crippen LogP contribution in [0.3, 0.4) is 0 Å². The van der Waals surface area contributed by atoms with Crippen LogP contribution in [0.2, 0.25) is 0 Å². The second kappa shape index (κ2) is 8.42. The maximum atomic E-state index is 14.3. The molecule has 0 spiro atoms. The number of aromatic hydroxyl groups is 1. The highest BCUT2D eigenvalue weighted by Gasteiger charge is 2.76. The number of phenols is 1. The Morgan fingerprint density at radius 2 is 1.68 bits per heavy atom. The van der Waals surface area contributed by atoms with Crippen LogP contribution in [0.15, 0.2) is 6.07 Å². The van der Waals surface area contributed by atoms with E-state index in [0.29, 0.717) is 17.5 Å². The first-order valence-corrected chi connectivity index (χ1v) is 13.3. The fourth-order valence-corrected chi connectivity index (χ4v) is 8.07. The van der Waals surface area contributed by atoms with Crippen molar-refractivity contribution < 1.29 is 34.2 Å². The molecule has 0 aromatic heterocycles. The van der Waals surface area contributed by atoms with Crippen molar-refractivity contribution in [2.24, 2.45) is 34.5 Å². The number of hydrogen-bond donors (Lipinski definition) is 2. The largest absolute Gasteiger partial charge is 0.507 e. The first-order valence-electron chi connectivity index (χ1n) is 13.3. The lowest BCUT2D eigenvalue weighted by atomic mass is 9.39. The molecular formula is C30H38O7. The molecule has 0 radical (unpaired) electrons. The molecule has 1 aromatic rings. The van der Waals surface area contributed by atoms with E-state index in [-0.39, 0.29) is 36.0 Å². The van der Waals surface area contributed by atoms with E-state index in [1.54, 1.807) is 27.7 Å². The maximum Gasteiger partial charge on any atom is 0.190 e. The van der Waals surface area contributed by atoms with Crippen LogP contribution in [0, 0.1) is 34.5 Å². The highest BCUT2D eigenvalue weighted by atomic mass is 16.3. The lowest BCUT2D eigenvalue weighted by Gasteiger charge is -2.62. The number of ketones is 5. The number of hydrogen-bond acceptors (Lipinski definition) is 7. The number of aliphatic hydroxyl groups is 1. The topological polar surface area (TPSA) is 126 Å². The molecular weight excluding hydrogens is 472 g/mol. The van der Waals surface area contributed by atoms with Gasteiger partial charge < -0.3 is 10.2 Å². The van der Waals surface area contributed by atoms with Crippen LogP contribution >= 0.6 is 0 Å². The van der Waals surface area contributed by atoms with Crippen molar-refractivity contribution in [2.45, 2.75) is 86.2 Å². The van der Waals surface area contributed by atoms with Gasteiger partial charge in [-0.25, -0.2) is 0 Å². The number of carbonyl (C=O) groups excluding carboxylic acids is 5. The summed E-state index contributed by atoms with van der Waals surface area (Å²) in [6.07, 6.45) is 0.836. The van der Waals surface area contributed by atoms with Crippen molar-refractivity contribution in [1.29, 1.82) is 0 Å². The number of phenolic OH excluding ortho intramolecular Hbond substituents is 1. The summed E-state index contributed by atoms with van der Waals surface area (Å²) < 4.78 is 0. The summed E-state index contributed by atoms with van der Waals surface area (Å²) in [5.41, 5.74) is -2.86. The molecule has 0 bridgehead atoms. The molecule has 0 aliphatic heterocycles. The lowest BCUT2D eigenvalue weighted by Crippen LogP contribution is -2.76. The smallest absolute Gasteiger partial charge is 0.190 e. The van der Waals surface area contributed by atoms with Crippen LogP contribution in [0.4, 0.5) is 0 Å².